The Labute approximate surface area is 106 Å². The van der Waals surface area contributed by atoms with Gasteiger partial charge in [-0.15, -0.1) is 10.2 Å². The van der Waals surface area contributed by atoms with Gasteiger partial charge < -0.3 is 10.6 Å². The smallest absolute Gasteiger partial charge is 0.151 e. The van der Waals surface area contributed by atoms with E-state index in [0.29, 0.717) is 5.15 Å². The summed E-state index contributed by atoms with van der Waals surface area (Å²) in [5, 5.41) is 15.1. The number of anilines is 1. The second kappa shape index (κ2) is 4.78. The van der Waals surface area contributed by atoms with Crippen molar-refractivity contribution >= 4 is 17.4 Å². The van der Waals surface area contributed by atoms with E-state index in [0.717, 1.165) is 30.1 Å². The minimum Gasteiger partial charge on any atom is -0.368 e. The maximum atomic E-state index is 5.70. The zero-order valence-corrected chi connectivity index (χ0v) is 10.5. The molecule has 3 rings (SSSR count). The van der Waals surface area contributed by atoms with Crippen molar-refractivity contribution in [3.8, 4) is 0 Å². The van der Waals surface area contributed by atoms with E-state index in [1.807, 2.05) is 6.07 Å². The molecule has 2 fully saturated rings. The number of halogens is 1. The zero-order chi connectivity index (χ0) is 11.7. The summed E-state index contributed by atoms with van der Waals surface area (Å²) >= 11 is 5.70. The minimum absolute atomic E-state index is 0.442. The number of aromatic nitrogens is 2. The van der Waals surface area contributed by atoms with Crippen molar-refractivity contribution in [3.63, 3.8) is 0 Å². The highest BCUT2D eigenvalue weighted by atomic mass is 35.5. The molecule has 0 amide bonds. The van der Waals surface area contributed by atoms with Gasteiger partial charge in [-0.05, 0) is 55.8 Å². The van der Waals surface area contributed by atoms with E-state index in [1.54, 1.807) is 6.07 Å². The summed E-state index contributed by atoms with van der Waals surface area (Å²) in [6.07, 6.45) is 2.68. The summed E-state index contributed by atoms with van der Waals surface area (Å²) < 4.78 is 0. The van der Waals surface area contributed by atoms with Crippen molar-refractivity contribution in [2.24, 2.45) is 17.8 Å². The Hall–Kier alpha value is -0.870. The van der Waals surface area contributed by atoms with Gasteiger partial charge >= 0.3 is 0 Å². The number of hydrogen-bond acceptors (Lipinski definition) is 4. The van der Waals surface area contributed by atoms with Crippen LogP contribution in [-0.2, 0) is 0 Å². The predicted octanol–water partition coefficient (Wildman–Crippen LogP) is 1.79. The van der Waals surface area contributed by atoms with Crippen LogP contribution in [0.3, 0.4) is 0 Å². The third-order valence-corrected chi connectivity index (χ3v) is 4.16. The Kier molecular flexibility index (Phi) is 3.16. The molecule has 5 heteroatoms. The van der Waals surface area contributed by atoms with Gasteiger partial charge in [0, 0.05) is 6.54 Å². The van der Waals surface area contributed by atoms with Crippen molar-refractivity contribution in [3.05, 3.63) is 17.3 Å². The van der Waals surface area contributed by atoms with E-state index in [1.165, 1.54) is 25.9 Å². The van der Waals surface area contributed by atoms with E-state index in [9.17, 15) is 0 Å². The van der Waals surface area contributed by atoms with Gasteiger partial charge in [-0.3, -0.25) is 0 Å². The number of rotatable bonds is 3. The Morgan fingerprint density at radius 3 is 2.65 bits per heavy atom. The second-order valence-electron chi connectivity index (χ2n) is 5.14. The maximum absolute atomic E-state index is 5.70. The summed E-state index contributed by atoms with van der Waals surface area (Å²) in [4.78, 5) is 0. The van der Waals surface area contributed by atoms with E-state index >= 15 is 0 Å². The third kappa shape index (κ3) is 2.53. The van der Waals surface area contributed by atoms with Crippen LogP contribution in [0.1, 0.15) is 12.8 Å². The molecule has 0 aromatic carbocycles. The monoisotopic (exact) mass is 252 g/mol. The molecule has 0 bridgehead atoms. The molecule has 0 spiro atoms. The van der Waals surface area contributed by atoms with Crippen LogP contribution in [-0.4, -0.2) is 29.8 Å². The van der Waals surface area contributed by atoms with Crippen LogP contribution >= 0.6 is 11.6 Å². The molecule has 2 aliphatic rings. The number of hydrogen-bond donors (Lipinski definition) is 2. The first kappa shape index (κ1) is 11.2. The molecule has 1 aliphatic heterocycles. The Balaban J connectivity index is 1.50. The average Bonchev–Trinajstić information content (AvgIpc) is 2.88. The molecule has 1 saturated heterocycles. The van der Waals surface area contributed by atoms with E-state index in [2.05, 4.69) is 20.8 Å². The van der Waals surface area contributed by atoms with Crippen LogP contribution in [0.25, 0.3) is 0 Å². The van der Waals surface area contributed by atoms with E-state index < -0.39 is 0 Å². The first-order chi connectivity index (χ1) is 8.31. The number of nitrogens with zero attached hydrogens (tertiary/aromatic N) is 2. The largest absolute Gasteiger partial charge is 0.368 e. The topological polar surface area (TPSA) is 49.8 Å². The van der Waals surface area contributed by atoms with Crippen LogP contribution in [0.15, 0.2) is 12.1 Å². The Morgan fingerprint density at radius 2 is 2.00 bits per heavy atom. The first-order valence-electron chi connectivity index (χ1n) is 6.25. The average molecular weight is 253 g/mol. The number of fused-ring (bicyclic) bond motifs is 1. The molecule has 17 heavy (non-hydrogen) atoms. The van der Waals surface area contributed by atoms with Gasteiger partial charge in [-0.2, -0.15) is 0 Å². The summed E-state index contributed by atoms with van der Waals surface area (Å²) in [6, 6.07) is 3.65. The van der Waals surface area contributed by atoms with Crippen LogP contribution in [0, 0.1) is 17.8 Å². The zero-order valence-electron chi connectivity index (χ0n) is 9.69. The fourth-order valence-corrected chi connectivity index (χ4v) is 3.22. The summed E-state index contributed by atoms with van der Waals surface area (Å²) in [6.45, 7) is 3.42. The minimum atomic E-state index is 0.442. The molecule has 1 saturated carbocycles. The van der Waals surface area contributed by atoms with Crippen LogP contribution in [0.5, 0.6) is 0 Å². The van der Waals surface area contributed by atoms with Crippen molar-refractivity contribution in [1.29, 1.82) is 0 Å². The molecule has 2 N–H and O–H groups in total. The van der Waals surface area contributed by atoms with Crippen molar-refractivity contribution in [1.82, 2.24) is 15.5 Å². The fraction of sp³-hybridized carbons (Fsp3) is 0.667. The fourth-order valence-electron chi connectivity index (χ4n) is 3.12. The SMILES string of the molecule is Clc1ccc(NCC2CC3CNC[C@H]3C2)nn1. The molecule has 1 aliphatic carbocycles. The lowest BCUT2D eigenvalue weighted by molar-refractivity contribution is 0.494. The van der Waals surface area contributed by atoms with Gasteiger partial charge in [0.2, 0.25) is 0 Å². The third-order valence-electron chi connectivity index (χ3n) is 3.96. The van der Waals surface area contributed by atoms with Crippen molar-refractivity contribution in [2.75, 3.05) is 25.0 Å². The molecule has 1 aromatic rings. The molecule has 3 atom stereocenters. The lowest BCUT2D eigenvalue weighted by Crippen LogP contribution is -2.17. The van der Waals surface area contributed by atoms with Gasteiger partial charge in [-0.25, -0.2) is 0 Å². The van der Waals surface area contributed by atoms with E-state index in [4.69, 9.17) is 11.6 Å². The van der Waals surface area contributed by atoms with Crippen LogP contribution in [0.2, 0.25) is 5.15 Å². The maximum Gasteiger partial charge on any atom is 0.151 e. The molecule has 1 aromatic heterocycles. The molecular weight excluding hydrogens is 236 g/mol. The predicted molar refractivity (Wildman–Crippen MR) is 68.1 cm³/mol. The van der Waals surface area contributed by atoms with Gasteiger partial charge in [0.1, 0.15) is 5.82 Å². The summed E-state index contributed by atoms with van der Waals surface area (Å²) in [5.74, 6) is 3.41. The lowest BCUT2D eigenvalue weighted by atomic mass is 10.0. The Bertz CT molecular complexity index is 369. The van der Waals surface area contributed by atoms with Gasteiger partial charge in [0.15, 0.2) is 5.15 Å². The highest BCUT2D eigenvalue weighted by Crippen LogP contribution is 2.38. The van der Waals surface area contributed by atoms with Crippen molar-refractivity contribution in [2.45, 2.75) is 12.8 Å². The first-order valence-corrected chi connectivity index (χ1v) is 6.63. The van der Waals surface area contributed by atoms with Gasteiger partial charge in [0.05, 0.1) is 0 Å². The quantitative estimate of drug-likeness (QED) is 0.861. The van der Waals surface area contributed by atoms with Gasteiger partial charge in [-0.1, -0.05) is 11.6 Å². The van der Waals surface area contributed by atoms with E-state index in [-0.39, 0.29) is 0 Å². The van der Waals surface area contributed by atoms with Crippen molar-refractivity contribution < 1.29 is 0 Å². The summed E-state index contributed by atoms with van der Waals surface area (Å²) in [7, 11) is 0. The second-order valence-corrected chi connectivity index (χ2v) is 5.53. The molecule has 0 radical (unpaired) electrons. The van der Waals surface area contributed by atoms with Crippen LogP contribution < -0.4 is 10.6 Å². The molecular formula is C12H17ClN4. The van der Waals surface area contributed by atoms with Gasteiger partial charge in [0.25, 0.3) is 0 Å². The summed E-state index contributed by atoms with van der Waals surface area (Å²) in [5.41, 5.74) is 0. The van der Waals surface area contributed by atoms with Crippen LogP contribution in [0.4, 0.5) is 5.82 Å². The molecule has 4 nitrogen and oxygen atoms in total. The highest BCUT2D eigenvalue weighted by molar-refractivity contribution is 6.29. The normalized spacial score (nSPS) is 31.5. The molecule has 92 valence electrons. The highest BCUT2D eigenvalue weighted by Gasteiger charge is 2.36. The lowest BCUT2D eigenvalue weighted by Gasteiger charge is -2.12. The Morgan fingerprint density at radius 1 is 1.24 bits per heavy atom. The molecule has 2 heterocycles. The molecule has 2 unspecified atom stereocenters. The number of nitrogens with one attached hydrogen (secondary N) is 2. The standard InChI is InChI=1S/C12H17ClN4/c13-11-1-2-12(17-16-11)15-5-8-3-9-6-14-7-10(9)4-8/h1-2,8-10,14H,3-7H2,(H,15,17)/t8?,9-,10?/m1/s1.